The lowest BCUT2D eigenvalue weighted by molar-refractivity contribution is -0.125. The molecule has 1 aromatic carbocycles. The Labute approximate surface area is 136 Å². The summed E-state index contributed by atoms with van der Waals surface area (Å²) < 4.78 is 7.39. The predicted octanol–water partition coefficient (Wildman–Crippen LogP) is 2.65. The van der Waals surface area contributed by atoms with E-state index in [2.05, 4.69) is 21.8 Å². The highest BCUT2D eigenvalue weighted by Crippen LogP contribution is 2.28. The van der Waals surface area contributed by atoms with Gasteiger partial charge in [0.25, 0.3) is 0 Å². The quantitative estimate of drug-likeness (QED) is 0.923. The van der Waals surface area contributed by atoms with E-state index in [1.165, 1.54) is 0 Å². The van der Waals surface area contributed by atoms with E-state index in [0.717, 1.165) is 48.6 Å². The summed E-state index contributed by atoms with van der Waals surface area (Å²) in [5, 5.41) is 3.01. The molecule has 5 nitrogen and oxygen atoms in total. The van der Waals surface area contributed by atoms with Crippen LogP contribution in [0.3, 0.4) is 0 Å². The van der Waals surface area contributed by atoms with Gasteiger partial charge < -0.3 is 14.6 Å². The number of nitrogens with one attached hydrogen (secondary N) is 1. The predicted molar refractivity (Wildman–Crippen MR) is 89.3 cm³/mol. The van der Waals surface area contributed by atoms with E-state index >= 15 is 0 Å². The Morgan fingerprint density at radius 2 is 2.17 bits per heavy atom. The second-order valence-electron chi connectivity index (χ2n) is 5.93. The van der Waals surface area contributed by atoms with Crippen LogP contribution in [0.4, 0.5) is 0 Å². The van der Waals surface area contributed by atoms with Crippen LogP contribution in [0.5, 0.6) is 5.75 Å². The van der Waals surface area contributed by atoms with Crippen molar-refractivity contribution < 1.29 is 9.53 Å². The van der Waals surface area contributed by atoms with Crippen molar-refractivity contribution in [3.05, 3.63) is 36.3 Å². The molecule has 0 unspecified atom stereocenters. The molecule has 0 saturated carbocycles. The van der Waals surface area contributed by atoms with Crippen LogP contribution >= 0.6 is 0 Å². The Bertz CT molecular complexity index is 676. The van der Waals surface area contributed by atoms with E-state index in [9.17, 15) is 4.79 Å². The van der Waals surface area contributed by atoms with Gasteiger partial charge >= 0.3 is 0 Å². The number of nitrogens with zero attached hydrogens (tertiary/aromatic N) is 2. The average Bonchev–Trinajstić information content (AvgIpc) is 3.02. The molecule has 23 heavy (non-hydrogen) atoms. The Kier molecular flexibility index (Phi) is 4.65. The van der Waals surface area contributed by atoms with Crippen molar-refractivity contribution in [2.45, 2.75) is 32.7 Å². The third-order valence-electron chi connectivity index (χ3n) is 4.36. The maximum absolute atomic E-state index is 12.3. The minimum absolute atomic E-state index is 0.0280. The number of carbonyl (C=O) groups is 1. The first-order valence-corrected chi connectivity index (χ1v) is 8.19. The molecule has 0 bridgehead atoms. The maximum atomic E-state index is 12.3. The lowest BCUT2D eigenvalue weighted by Gasteiger charge is -2.24. The molecule has 2 heterocycles. The first-order chi connectivity index (χ1) is 11.2. The van der Waals surface area contributed by atoms with Gasteiger partial charge in [0.1, 0.15) is 11.6 Å². The standard InChI is InChI=1S/C18H23N3O2/c1-3-10-19-18(22)14-6-9-17-20-11-16(21(17)12-14)13-4-7-15(23-2)8-5-13/h4-5,7-8,11,14H,3,6,9-10,12H2,1-2H3,(H,19,22)/t14-/m0/s1. The number of hydrogen-bond acceptors (Lipinski definition) is 3. The van der Waals surface area contributed by atoms with E-state index in [1.807, 2.05) is 30.5 Å². The molecule has 0 fully saturated rings. The van der Waals surface area contributed by atoms with Gasteiger partial charge in [-0.3, -0.25) is 4.79 Å². The van der Waals surface area contributed by atoms with E-state index in [1.54, 1.807) is 7.11 Å². The minimum atomic E-state index is 0.0280. The summed E-state index contributed by atoms with van der Waals surface area (Å²) in [6.45, 7) is 3.51. The molecule has 1 N–H and O–H groups in total. The van der Waals surface area contributed by atoms with Crippen LogP contribution in [0.2, 0.25) is 0 Å². The van der Waals surface area contributed by atoms with E-state index in [-0.39, 0.29) is 11.8 Å². The van der Waals surface area contributed by atoms with Crippen molar-refractivity contribution in [1.82, 2.24) is 14.9 Å². The average molecular weight is 313 g/mol. The number of methoxy groups -OCH3 is 1. The third-order valence-corrected chi connectivity index (χ3v) is 4.36. The zero-order valence-electron chi connectivity index (χ0n) is 13.7. The molecule has 0 saturated heterocycles. The van der Waals surface area contributed by atoms with Gasteiger partial charge in [-0.25, -0.2) is 4.98 Å². The topological polar surface area (TPSA) is 56.1 Å². The fourth-order valence-corrected chi connectivity index (χ4v) is 3.03. The second kappa shape index (κ2) is 6.86. The number of imidazole rings is 1. The molecule has 1 amide bonds. The van der Waals surface area contributed by atoms with E-state index < -0.39 is 0 Å². The third kappa shape index (κ3) is 3.23. The molecule has 3 rings (SSSR count). The lowest BCUT2D eigenvalue weighted by atomic mass is 9.98. The number of amides is 1. The highest BCUT2D eigenvalue weighted by Gasteiger charge is 2.26. The first-order valence-electron chi connectivity index (χ1n) is 8.19. The SMILES string of the molecule is CCCNC(=O)[C@H]1CCc2ncc(-c3ccc(OC)cc3)n2C1. The summed E-state index contributed by atoms with van der Waals surface area (Å²) in [6, 6.07) is 7.96. The summed E-state index contributed by atoms with van der Waals surface area (Å²) in [6.07, 6.45) is 4.59. The Morgan fingerprint density at radius 3 is 2.87 bits per heavy atom. The van der Waals surface area contributed by atoms with Crippen molar-refractivity contribution in [3.8, 4) is 17.0 Å². The van der Waals surface area contributed by atoms with Gasteiger partial charge in [-0.1, -0.05) is 6.92 Å². The first kappa shape index (κ1) is 15.6. The number of aryl methyl sites for hydroxylation is 1. The molecule has 0 aliphatic carbocycles. The molecule has 0 radical (unpaired) electrons. The van der Waals surface area contributed by atoms with E-state index in [0.29, 0.717) is 6.54 Å². The molecule has 1 aliphatic heterocycles. The number of fused-ring (bicyclic) bond motifs is 1. The summed E-state index contributed by atoms with van der Waals surface area (Å²) >= 11 is 0. The van der Waals surface area contributed by atoms with Gasteiger partial charge in [-0.15, -0.1) is 0 Å². The fraction of sp³-hybridized carbons (Fsp3) is 0.444. The van der Waals surface area contributed by atoms with Gasteiger partial charge in [0.05, 0.1) is 24.9 Å². The number of hydrogen-bond donors (Lipinski definition) is 1. The van der Waals surface area contributed by atoms with Crippen molar-refractivity contribution in [2.24, 2.45) is 5.92 Å². The highest BCUT2D eigenvalue weighted by atomic mass is 16.5. The molecule has 5 heteroatoms. The Balaban J connectivity index is 1.81. The van der Waals surface area contributed by atoms with Gasteiger partial charge in [0.15, 0.2) is 0 Å². The summed E-state index contributed by atoms with van der Waals surface area (Å²) in [5.41, 5.74) is 2.16. The molecule has 1 aliphatic rings. The second-order valence-corrected chi connectivity index (χ2v) is 5.93. The number of ether oxygens (including phenoxy) is 1. The zero-order valence-corrected chi connectivity index (χ0v) is 13.7. The number of rotatable bonds is 5. The molecular formula is C18H23N3O2. The van der Waals surface area contributed by atoms with Crippen LogP contribution in [-0.4, -0.2) is 29.1 Å². The van der Waals surface area contributed by atoms with E-state index in [4.69, 9.17) is 4.74 Å². The molecule has 0 spiro atoms. The van der Waals surface area contributed by atoms with Crippen LogP contribution in [0.25, 0.3) is 11.3 Å². The highest BCUT2D eigenvalue weighted by molar-refractivity contribution is 5.78. The summed E-state index contributed by atoms with van der Waals surface area (Å²) in [5.74, 6) is 2.09. The van der Waals surface area contributed by atoms with Crippen molar-refractivity contribution in [3.63, 3.8) is 0 Å². The molecular weight excluding hydrogens is 290 g/mol. The van der Waals surface area contributed by atoms with Crippen molar-refractivity contribution >= 4 is 5.91 Å². The monoisotopic (exact) mass is 313 g/mol. The molecule has 1 aromatic heterocycles. The number of benzene rings is 1. The molecule has 122 valence electrons. The van der Waals surface area contributed by atoms with Gasteiger partial charge in [-0.05, 0) is 37.1 Å². The molecule has 2 aromatic rings. The number of aromatic nitrogens is 2. The van der Waals surface area contributed by atoms with Crippen LogP contribution in [0.1, 0.15) is 25.6 Å². The summed E-state index contributed by atoms with van der Waals surface area (Å²) in [4.78, 5) is 16.8. The van der Waals surface area contributed by atoms with Crippen LogP contribution < -0.4 is 10.1 Å². The maximum Gasteiger partial charge on any atom is 0.224 e. The van der Waals surface area contributed by atoms with Crippen LogP contribution in [0.15, 0.2) is 30.5 Å². The summed E-state index contributed by atoms with van der Waals surface area (Å²) in [7, 11) is 1.66. The van der Waals surface area contributed by atoms with Crippen molar-refractivity contribution in [2.75, 3.05) is 13.7 Å². The largest absolute Gasteiger partial charge is 0.497 e. The van der Waals surface area contributed by atoms with Gasteiger partial charge in [0.2, 0.25) is 5.91 Å². The molecule has 1 atom stereocenters. The lowest BCUT2D eigenvalue weighted by Crippen LogP contribution is -2.36. The Hall–Kier alpha value is -2.30. The van der Waals surface area contributed by atoms with Crippen molar-refractivity contribution in [1.29, 1.82) is 0 Å². The normalized spacial score (nSPS) is 16.7. The zero-order chi connectivity index (χ0) is 16.2. The fourth-order valence-electron chi connectivity index (χ4n) is 3.03. The smallest absolute Gasteiger partial charge is 0.224 e. The van der Waals surface area contributed by atoms with Gasteiger partial charge in [-0.2, -0.15) is 0 Å². The minimum Gasteiger partial charge on any atom is -0.497 e. The van der Waals surface area contributed by atoms with Crippen LogP contribution in [-0.2, 0) is 17.8 Å². The van der Waals surface area contributed by atoms with Crippen LogP contribution in [0, 0.1) is 5.92 Å². The number of carbonyl (C=O) groups excluding carboxylic acids is 1. The van der Waals surface area contributed by atoms with Gasteiger partial charge in [0, 0.05) is 25.1 Å². The Morgan fingerprint density at radius 1 is 1.39 bits per heavy atom.